The highest BCUT2D eigenvalue weighted by atomic mass is 35.5. The molecule has 31 heavy (non-hydrogen) atoms. The summed E-state index contributed by atoms with van der Waals surface area (Å²) in [4.78, 5) is 14.3. The normalized spacial score (nSPS) is 24.6. The maximum atomic E-state index is 13.1. The molecule has 2 fully saturated rings. The molecule has 0 aliphatic carbocycles. The fourth-order valence-electron chi connectivity index (χ4n) is 4.97. The second-order valence-corrected chi connectivity index (χ2v) is 13.6. The van der Waals surface area contributed by atoms with Crippen LogP contribution in [-0.4, -0.2) is 46.8 Å². The van der Waals surface area contributed by atoms with Crippen LogP contribution in [0.15, 0.2) is 18.2 Å². The first-order chi connectivity index (χ1) is 14.4. The van der Waals surface area contributed by atoms with E-state index in [0.29, 0.717) is 6.42 Å². The monoisotopic (exact) mass is 483 g/mol. The Balaban J connectivity index is 1.60. The van der Waals surface area contributed by atoms with Crippen LogP contribution in [0.2, 0.25) is 4.34 Å². The van der Waals surface area contributed by atoms with Crippen LogP contribution < -0.4 is 0 Å². The lowest BCUT2D eigenvalue weighted by molar-refractivity contribution is 0.0743. The summed E-state index contributed by atoms with van der Waals surface area (Å²) in [6.07, 6.45) is 6.17. The first-order valence-corrected chi connectivity index (χ1v) is 13.8. The smallest absolute Gasteiger partial charge is 0.252 e. The fraction of sp³-hybridized carbons (Fsp3) is 0.636. The van der Waals surface area contributed by atoms with Gasteiger partial charge in [0.1, 0.15) is 0 Å². The molecule has 2 aromatic rings. The van der Waals surface area contributed by atoms with Gasteiger partial charge in [0.05, 0.1) is 16.3 Å². The zero-order valence-corrected chi connectivity index (χ0v) is 20.9. The van der Waals surface area contributed by atoms with Crippen molar-refractivity contribution in [2.75, 3.05) is 6.26 Å². The molecule has 170 valence electrons. The molecule has 2 atom stereocenters. The molecular formula is C22H30ClN3O3S2. The molecule has 9 heteroatoms. The molecule has 2 saturated heterocycles. The summed E-state index contributed by atoms with van der Waals surface area (Å²) >= 11 is 7.63. The fourth-order valence-corrected chi connectivity index (χ4v) is 7.52. The van der Waals surface area contributed by atoms with Gasteiger partial charge >= 0.3 is 0 Å². The van der Waals surface area contributed by atoms with E-state index in [9.17, 15) is 13.2 Å². The maximum Gasteiger partial charge on any atom is 0.252 e. The Hall–Kier alpha value is -1.22. The van der Waals surface area contributed by atoms with Gasteiger partial charge in [0.25, 0.3) is 5.91 Å². The number of carbonyl (C=O) groups is 1. The average Bonchev–Trinajstić information content (AvgIpc) is 3.34. The molecule has 0 saturated carbocycles. The minimum Gasteiger partial charge on any atom is -0.272 e. The zero-order valence-electron chi connectivity index (χ0n) is 18.5. The number of halogens is 1. The average molecular weight is 484 g/mol. The number of hydrogen-bond acceptors (Lipinski definition) is 5. The van der Waals surface area contributed by atoms with Crippen molar-refractivity contribution in [2.24, 2.45) is 5.41 Å². The molecule has 2 aliphatic heterocycles. The van der Waals surface area contributed by atoms with Crippen LogP contribution in [0.5, 0.6) is 0 Å². The number of aromatic nitrogens is 2. The summed E-state index contributed by atoms with van der Waals surface area (Å²) in [5, 5.41) is 4.78. The lowest BCUT2D eigenvalue weighted by atomic mass is 9.89. The van der Waals surface area contributed by atoms with Crippen molar-refractivity contribution in [1.29, 1.82) is 0 Å². The number of thiophene rings is 1. The number of hydrogen-bond donors (Lipinski definition) is 0. The van der Waals surface area contributed by atoms with Gasteiger partial charge in [-0.1, -0.05) is 32.4 Å². The van der Waals surface area contributed by atoms with E-state index < -0.39 is 15.4 Å². The molecular weight excluding hydrogens is 454 g/mol. The SMILES string of the molecule is CC(C)(C)C(=O)n1nc(C2CC3CCC(C2)N3S(C)(=O)=O)cc1CCc1ccc(Cl)s1. The summed E-state index contributed by atoms with van der Waals surface area (Å²) in [7, 11) is -3.20. The molecule has 0 aromatic carbocycles. The number of aryl methyl sites for hydroxylation is 2. The van der Waals surface area contributed by atoms with Crippen molar-refractivity contribution >= 4 is 38.9 Å². The van der Waals surface area contributed by atoms with Crippen LogP contribution in [0, 0.1) is 5.41 Å². The van der Waals surface area contributed by atoms with E-state index in [1.807, 2.05) is 32.9 Å². The zero-order chi connectivity index (χ0) is 22.6. The second-order valence-electron chi connectivity index (χ2n) is 9.88. The molecule has 2 aromatic heterocycles. The van der Waals surface area contributed by atoms with Crippen LogP contribution in [0.1, 0.15) is 73.4 Å². The topological polar surface area (TPSA) is 72.3 Å². The lowest BCUT2D eigenvalue weighted by Crippen LogP contribution is -2.45. The van der Waals surface area contributed by atoms with Crippen molar-refractivity contribution in [1.82, 2.24) is 14.1 Å². The van der Waals surface area contributed by atoms with E-state index in [4.69, 9.17) is 16.7 Å². The highest BCUT2D eigenvalue weighted by Gasteiger charge is 2.46. The Kier molecular flexibility index (Phi) is 6.13. The molecule has 4 rings (SSSR count). The summed E-state index contributed by atoms with van der Waals surface area (Å²) in [5.74, 6) is 0.161. The van der Waals surface area contributed by atoms with Gasteiger partial charge in [0, 0.05) is 34.0 Å². The van der Waals surface area contributed by atoms with Crippen LogP contribution >= 0.6 is 22.9 Å². The van der Waals surface area contributed by atoms with Crippen molar-refractivity contribution in [3.05, 3.63) is 38.8 Å². The maximum absolute atomic E-state index is 13.1. The van der Waals surface area contributed by atoms with E-state index >= 15 is 0 Å². The first kappa shape index (κ1) is 23.0. The van der Waals surface area contributed by atoms with Crippen molar-refractivity contribution < 1.29 is 13.2 Å². The predicted octanol–water partition coefficient (Wildman–Crippen LogP) is 4.74. The van der Waals surface area contributed by atoms with Gasteiger partial charge in [-0.15, -0.1) is 11.3 Å². The van der Waals surface area contributed by atoms with E-state index in [1.54, 1.807) is 20.3 Å². The summed E-state index contributed by atoms with van der Waals surface area (Å²) in [6, 6.07) is 6.08. The number of piperidine rings is 1. The number of rotatable bonds is 5. The number of carbonyl (C=O) groups excluding carboxylic acids is 1. The van der Waals surface area contributed by atoms with E-state index in [1.165, 1.54) is 11.1 Å². The van der Waals surface area contributed by atoms with E-state index in [0.717, 1.165) is 47.8 Å². The molecule has 2 bridgehead atoms. The highest BCUT2D eigenvalue weighted by Crippen LogP contribution is 2.44. The van der Waals surface area contributed by atoms with Gasteiger partial charge < -0.3 is 0 Å². The summed E-state index contributed by atoms with van der Waals surface area (Å²) in [5.41, 5.74) is 1.29. The number of fused-ring (bicyclic) bond motifs is 2. The minimum absolute atomic E-state index is 0.0190. The van der Waals surface area contributed by atoms with Crippen LogP contribution in [-0.2, 0) is 22.9 Å². The van der Waals surface area contributed by atoms with Gasteiger partial charge in [0.2, 0.25) is 10.0 Å². The summed E-state index contributed by atoms with van der Waals surface area (Å²) in [6.45, 7) is 5.72. The lowest BCUT2D eigenvalue weighted by Gasteiger charge is -2.36. The molecule has 2 aliphatic rings. The highest BCUT2D eigenvalue weighted by molar-refractivity contribution is 7.88. The van der Waals surface area contributed by atoms with Gasteiger partial charge in [-0.25, -0.2) is 13.1 Å². The van der Waals surface area contributed by atoms with Crippen molar-refractivity contribution in [2.45, 2.75) is 77.3 Å². The third kappa shape index (κ3) is 4.77. The molecule has 0 radical (unpaired) electrons. The summed E-state index contributed by atoms with van der Waals surface area (Å²) < 4.78 is 28.5. The van der Waals surface area contributed by atoms with Gasteiger partial charge in [-0.3, -0.25) is 4.79 Å². The Bertz CT molecular complexity index is 1070. The van der Waals surface area contributed by atoms with Gasteiger partial charge in [-0.05, 0) is 56.7 Å². The van der Waals surface area contributed by atoms with E-state index in [-0.39, 0.29) is 23.9 Å². The molecule has 0 amide bonds. The molecule has 2 unspecified atom stereocenters. The van der Waals surface area contributed by atoms with Gasteiger partial charge in [0.15, 0.2) is 0 Å². The van der Waals surface area contributed by atoms with Crippen molar-refractivity contribution in [3.8, 4) is 0 Å². The van der Waals surface area contributed by atoms with E-state index in [2.05, 4.69) is 6.07 Å². The minimum atomic E-state index is -3.20. The predicted molar refractivity (Wildman–Crippen MR) is 125 cm³/mol. The first-order valence-electron chi connectivity index (χ1n) is 10.8. The van der Waals surface area contributed by atoms with Crippen LogP contribution in [0.4, 0.5) is 0 Å². The number of nitrogens with zero attached hydrogens (tertiary/aromatic N) is 3. The number of sulfonamides is 1. The molecule has 6 nitrogen and oxygen atoms in total. The Labute approximate surface area is 193 Å². The third-order valence-corrected chi connectivity index (χ3v) is 9.01. The van der Waals surface area contributed by atoms with Crippen LogP contribution in [0.25, 0.3) is 0 Å². The van der Waals surface area contributed by atoms with Crippen LogP contribution in [0.3, 0.4) is 0 Å². The second kappa shape index (κ2) is 8.28. The third-order valence-electron chi connectivity index (χ3n) is 6.36. The quantitative estimate of drug-likeness (QED) is 0.615. The standard InChI is InChI=1S/C22H30ClN3O3S2/c1-22(2,3)21(27)25-15(7-8-18-9-10-20(23)30-18)13-19(24-25)14-11-16-5-6-17(12-14)26(16)31(4,28)29/h9-10,13-14,16-17H,5-8,11-12H2,1-4H3. The Morgan fingerprint density at radius 3 is 2.35 bits per heavy atom. The molecule has 0 N–H and O–H groups in total. The van der Waals surface area contributed by atoms with Gasteiger partial charge in [-0.2, -0.15) is 9.40 Å². The molecule has 0 spiro atoms. The largest absolute Gasteiger partial charge is 0.272 e. The molecule has 4 heterocycles. The Morgan fingerprint density at radius 2 is 1.84 bits per heavy atom. The van der Waals surface area contributed by atoms with Crippen molar-refractivity contribution in [3.63, 3.8) is 0 Å². The Morgan fingerprint density at radius 1 is 1.19 bits per heavy atom.